The van der Waals surface area contributed by atoms with E-state index in [0.717, 1.165) is 47.8 Å². The first-order valence-electron chi connectivity index (χ1n) is 11.9. The second kappa shape index (κ2) is 8.16. The summed E-state index contributed by atoms with van der Waals surface area (Å²) in [4.78, 5) is 12.0. The minimum Gasteiger partial charge on any atom is -0.495 e. The number of fused-ring (bicyclic) bond motifs is 1. The van der Waals surface area contributed by atoms with E-state index in [2.05, 4.69) is 10.1 Å². The fourth-order valence-electron chi connectivity index (χ4n) is 5.27. The van der Waals surface area contributed by atoms with Gasteiger partial charge in [0.05, 0.1) is 24.8 Å². The predicted octanol–water partition coefficient (Wildman–Crippen LogP) is 4.53. The first kappa shape index (κ1) is 22.7. The topological polar surface area (TPSA) is 72.1 Å². The average molecular weight is 493 g/mol. The van der Waals surface area contributed by atoms with Gasteiger partial charge in [0.1, 0.15) is 24.0 Å². The Balaban J connectivity index is 1.39. The molecule has 9 heteroatoms. The lowest BCUT2D eigenvalue weighted by Crippen LogP contribution is -2.53. The number of rotatable bonds is 5. The minimum absolute atomic E-state index is 0.0171. The number of amidine groups is 1. The van der Waals surface area contributed by atoms with Crippen molar-refractivity contribution in [2.45, 2.75) is 31.9 Å². The van der Waals surface area contributed by atoms with Gasteiger partial charge in [-0.25, -0.2) is 13.8 Å². The van der Waals surface area contributed by atoms with Gasteiger partial charge in [0.15, 0.2) is 5.84 Å². The number of aliphatic hydroxyl groups excluding tert-OH is 1. The number of methoxy groups -OCH3 is 1. The van der Waals surface area contributed by atoms with E-state index in [1.165, 1.54) is 12.1 Å². The van der Waals surface area contributed by atoms with Crippen LogP contribution >= 0.6 is 0 Å². The van der Waals surface area contributed by atoms with E-state index in [1.807, 2.05) is 46.9 Å². The Kier molecular flexibility index (Phi) is 5.15. The van der Waals surface area contributed by atoms with Gasteiger partial charge in [-0.3, -0.25) is 0 Å². The summed E-state index contributed by atoms with van der Waals surface area (Å²) in [5.74, 6) is -0.201. The van der Waals surface area contributed by atoms with Crippen molar-refractivity contribution in [2.24, 2.45) is 10.6 Å². The number of halogens is 2. The maximum atomic E-state index is 14.1. The van der Waals surface area contributed by atoms with Crippen molar-refractivity contribution in [3.63, 3.8) is 0 Å². The van der Waals surface area contributed by atoms with Crippen LogP contribution in [0.2, 0.25) is 0 Å². The quantitative estimate of drug-likeness (QED) is 0.567. The van der Waals surface area contributed by atoms with Crippen LogP contribution < -0.4 is 4.74 Å². The van der Waals surface area contributed by atoms with Crippen LogP contribution in [0.5, 0.6) is 5.75 Å². The molecule has 1 spiro atoms. The van der Waals surface area contributed by atoms with E-state index in [-0.39, 0.29) is 11.0 Å². The number of piperidine rings is 1. The number of nitrogens with zero attached hydrogens (tertiary/aromatic N) is 4. The Morgan fingerprint density at radius 1 is 1.17 bits per heavy atom. The summed E-state index contributed by atoms with van der Waals surface area (Å²) in [6.07, 6.45) is 8.56. The Morgan fingerprint density at radius 3 is 2.58 bits per heavy atom. The van der Waals surface area contributed by atoms with Gasteiger partial charge < -0.3 is 24.1 Å². The number of aromatic nitrogens is 2. The van der Waals surface area contributed by atoms with Crippen molar-refractivity contribution >= 4 is 11.9 Å². The molecule has 3 aromatic rings. The number of oxime groups is 1. The van der Waals surface area contributed by atoms with Crippen LogP contribution in [0.3, 0.4) is 0 Å². The van der Waals surface area contributed by atoms with E-state index in [4.69, 9.17) is 9.57 Å². The van der Waals surface area contributed by atoms with Crippen LogP contribution in [0.4, 0.5) is 8.78 Å². The normalized spacial score (nSPS) is 23.0. The monoisotopic (exact) mass is 492 g/mol. The second-order valence-electron chi connectivity index (χ2n) is 9.89. The van der Waals surface area contributed by atoms with Crippen molar-refractivity contribution in [1.29, 1.82) is 0 Å². The van der Waals surface area contributed by atoms with E-state index < -0.39 is 24.0 Å². The molecule has 186 valence electrons. The molecule has 0 radical (unpaired) electrons. The van der Waals surface area contributed by atoms with E-state index in [1.54, 1.807) is 13.4 Å². The molecule has 2 aromatic carbocycles. The van der Waals surface area contributed by atoms with E-state index >= 15 is 0 Å². The van der Waals surface area contributed by atoms with Crippen molar-refractivity contribution in [3.05, 3.63) is 83.0 Å². The van der Waals surface area contributed by atoms with Crippen LogP contribution in [0.25, 0.3) is 11.8 Å². The molecular weight excluding hydrogens is 466 g/mol. The molecular formula is C27H26F2N4O3. The SMILES string of the molecule is COc1cc(/C=C2\CC3(CC3)CN3C2=NOC3(CO)c2cc(F)cc(F)c2)ccc1-n1cnc(C)c1. The molecule has 1 unspecified atom stereocenters. The first-order valence-corrected chi connectivity index (χ1v) is 11.9. The number of benzene rings is 2. The summed E-state index contributed by atoms with van der Waals surface area (Å²) in [6.45, 7) is 2.02. The number of hydrogen-bond donors (Lipinski definition) is 1. The van der Waals surface area contributed by atoms with Crippen LogP contribution in [0.1, 0.15) is 36.1 Å². The summed E-state index contributed by atoms with van der Waals surface area (Å²) in [5.41, 5.74) is 2.38. The summed E-state index contributed by atoms with van der Waals surface area (Å²) in [5, 5.41) is 14.8. The Hall–Kier alpha value is -3.72. The average Bonchev–Trinajstić information content (AvgIpc) is 3.27. The van der Waals surface area contributed by atoms with E-state index in [9.17, 15) is 13.9 Å². The number of hydrogen-bond acceptors (Lipinski definition) is 6. The number of ether oxygens (including phenoxy) is 1. The summed E-state index contributed by atoms with van der Waals surface area (Å²) >= 11 is 0. The fourth-order valence-corrected chi connectivity index (χ4v) is 5.27. The van der Waals surface area contributed by atoms with Gasteiger partial charge in [0, 0.05) is 24.4 Å². The number of imidazole rings is 1. The molecule has 7 nitrogen and oxygen atoms in total. The molecule has 1 atom stereocenters. The number of aliphatic hydroxyl groups is 1. The smallest absolute Gasteiger partial charge is 0.260 e. The van der Waals surface area contributed by atoms with Crippen LogP contribution in [-0.2, 0) is 10.6 Å². The van der Waals surface area contributed by atoms with Crippen molar-refractivity contribution in [1.82, 2.24) is 14.5 Å². The number of aryl methyl sites for hydroxylation is 1. The lowest BCUT2D eigenvalue weighted by Gasteiger charge is -2.42. The highest BCUT2D eigenvalue weighted by atomic mass is 19.1. The van der Waals surface area contributed by atoms with Gasteiger partial charge in [-0.1, -0.05) is 11.2 Å². The van der Waals surface area contributed by atoms with Crippen molar-refractivity contribution < 1.29 is 23.5 Å². The molecule has 3 aliphatic rings. The minimum atomic E-state index is -1.48. The van der Waals surface area contributed by atoms with Gasteiger partial charge in [0.25, 0.3) is 5.72 Å². The molecule has 0 amide bonds. The Labute approximate surface area is 207 Å². The maximum absolute atomic E-state index is 14.1. The first-order chi connectivity index (χ1) is 17.3. The molecule has 1 aromatic heterocycles. The third-order valence-electron chi connectivity index (χ3n) is 7.34. The maximum Gasteiger partial charge on any atom is 0.260 e. The lowest BCUT2D eigenvalue weighted by atomic mass is 9.86. The van der Waals surface area contributed by atoms with Crippen molar-refractivity contribution in [3.8, 4) is 11.4 Å². The molecule has 2 fully saturated rings. The van der Waals surface area contributed by atoms with Gasteiger partial charge in [0.2, 0.25) is 0 Å². The Morgan fingerprint density at radius 2 is 1.94 bits per heavy atom. The van der Waals surface area contributed by atoms with E-state index in [0.29, 0.717) is 18.1 Å². The van der Waals surface area contributed by atoms with Gasteiger partial charge >= 0.3 is 0 Å². The fraction of sp³-hybridized carbons (Fsp3) is 0.333. The zero-order valence-electron chi connectivity index (χ0n) is 20.0. The lowest BCUT2D eigenvalue weighted by molar-refractivity contribution is -0.141. The molecule has 2 aliphatic heterocycles. The highest BCUT2D eigenvalue weighted by Gasteiger charge is 2.58. The van der Waals surface area contributed by atoms with Crippen molar-refractivity contribution in [2.75, 3.05) is 20.3 Å². The second-order valence-corrected chi connectivity index (χ2v) is 9.89. The summed E-state index contributed by atoms with van der Waals surface area (Å²) in [7, 11) is 1.63. The highest BCUT2D eigenvalue weighted by Crippen LogP contribution is 2.57. The summed E-state index contributed by atoms with van der Waals surface area (Å²) < 4.78 is 35.8. The molecule has 6 rings (SSSR count). The van der Waals surface area contributed by atoms with Gasteiger partial charge in [-0.2, -0.15) is 0 Å². The molecule has 1 saturated carbocycles. The van der Waals surface area contributed by atoms with Gasteiger partial charge in [-0.15, -0.1) is 0 Å². The predicted molar refractivity (Wildman–Crippen MR) is 129 cm³/mol. The third-order valence-corrected chi connectivity index (χ3v) is 7.34. The van der Waals surface area contributed by atoms with Crippen LogP contribution in [-0.4, -0.2) is 45.7 Å². The molecule has 3 heterocycles. The Bertz CT molecular complexity index is 1390. The zero-order valence-corrected chi connectivity index (χ0v) is 20.0. The third kappa shape index (κ3) is 3.65. The largest absolute Gasteiger partial charge is 0.495 e. The molecule has 1 aliphatic carbocycles. The van der Waals surface area contributed by atoms with Gasteiger partial charge in [-0.05, 0) is 73.1 Å². The molecule has 1 N–H and O–H groups in total. The van der Waals surface area contributed by atoms with Crippen LogP contribution in [0.15, 0.2) is 59.7 Å². The van der Waals surface area contributed by atoms with Crippen LogP contribution in [0, 0.1) is 24.0 Å². The molecule has 0 bridgehead atoms. The molecule has 36 heavy (non-hydrogen) atoms. The highest BCUT2D eigenvalue weighted by molar-refractivity contribution is 6.04. The standard InChI is InChI=1S/C27H26F2N4O3/c1-17-13-32(16-30-17)23-4-3-18(8-24(23)35-2)7-19-12-26(5-6-26)14-33-25(19)31-36-27(33,15-34)20-9-21(28)11-22(29)10-20/h3-4,7-11,13,16,34H,5-6,12,14-15H2,1-2H3/b19-7+. The molecule has 1 saturated heterocycles. The zero-order chi connectivity index (χ0) is 25.1. The summed E-state index contributed by atoms with van der Waals surface area (Å²) in [6, 6.07) is 9.11.